The van der Waals surface area contributed by atoms with Crippen molar-refractivity contribution in [1.29, 1.82) is 0 Å². The molecule has 1 aromatic heterocycles. The summed E-state index contributed by atoms with van der Waals surface area (Å²) in [5.41, 5.74) is 0. The molecule has 18 heavy (non-hydrogen) atoms. The van der Waals surface area contributed by atoms with E-state index in [1.165, 1.54) is 6.07 Å². The molecule has 1 heterocycles. The van der Waals surface area contributed by atoms with Gasteiger partial charge in [0.25, 0.3) is 5.16 Å². The molecule has 0 radical (unpaired) electrons. The lowest BCUT2D eigenvalue weighted by Gasteiger charge is -2.11. The van der Waals surface area contributed by atoms with Crippen molar-refractivity contribution in [3.63, 3.8) is 0 Å². The van der Waals surface area contributed by atoms with Crippen LogP contribution in [0.5, 0.6) is 0 Å². The van der Waals surface area contributed by atoms with E-state index in [1.54, 1.807) is 0 Å². The van der Waals surface area contributed by atoms with Crippen molar-refractivity contribution in [3.05, 3.63) is 6.07 Å². The van der Waals surface area contributed by atoms with Crippen molar-refractivity contribution in [2.24, 2.45) is 10.3 Å². The molecular weight excluding hydrogens is 367 g/mol. The first-order valence-corrected chi connectivity index (χ1v) is 8.13. The molecule has 4 N–H and O–H groups in total. The molecular formula is C5H5Cl3N4O3S3. The minimum absolute atomic E-state index is 0.171. The first-order valence-electron chi connectivity index (χ1n) is 3.83. The number of aromatic nitrogens is 2. The highest BCUT2D eigenvalue weighted by Gasteiger charge is 2.33. The van der Waals surface area contributed by atoms with Gasteiger partial charge in [0.05, 0.1) is 0 Å². The Labute approximate surface area is 126 Å². The average molecular weight is 372 g/mol. The van der Waals surface area contributed by atoms with Crippen LogP contribution in [0.2, 0.25) is 0 Å². The molecule has 0 aliphatic carbocycles. The van der Waals surface area contributed by atoms with E-state index in [1.807, 2.05) is 0 Å². The number of rotatable bonds is 4. The summed E-state index contributed by atoms with van der Waals surface area (Å²) < 4.78 is 25.2. The van der Waals surface area contributed by atoms with Crippen molar-refractivity contribution >= 4 is 68.8 Å². The van der Waals surface area contributed by atoms with E-state index in [2.05, 4.69) is 14.2 Å². The van der Waals surface area contributed by atoms with Crippen molar-refractivity contribution in [3.8, 4) is 0 Å². The van der Waals surface area contributed by atoms with Gasteiger partial charge in [-0.2, -0.15) is 8.42 Å². The Morgan fingerprint density at radius 3 is 1.94 bits per heavy atom. The third kappa shape index (κ3) is 4.87. The fourth-order valence-corrected chi connectivity index (χ4v) is 3.10. The van der Waals surface area contributed by atoms with Gasteiger partial charge in [-0.15, -0.1) is 0 Å². The van der Waals surface area contributed by atoms with Gasteiger partial charge in [-0.05, 0) is 23.9 Å². The predicted octanol–water partition coefficient (Wildman–Crippen LogP) is 1.44. The molecule has 1 aromatic rings. The van der Waals surface area contributed by atoms with Gasteiger partial charge in [-0.1, -0.05) is 34.8 Å². The quantitative estimate of drug-likeness (QED) is 0.266. The van der Waals surface area contributed by atoms with Crippen molar-refractivity contribution < 1.29 is 12.6 Å². The number of halogens is 3. The molecule has 0 unspecified atom stereocenters. The maximum Gasteiger partial charge on any atom is 0.336 e. The van der Waals surface area contributed by atoms with Crippen LogP contribution in [0.15, 0.2) is 21.3 Å². The van der Waals surface area contributed by atoms with E-state index < -0.39 is 19.3 Å². The SMILES string of the molecule is NSc1cc(SN)nc(S(=O)(=O)OC(Cl)(Cl)Cl)n1. The maximum absolute atomic E-state index is 11.7. The van der Waals surface area contributed by atoms with E-state index in [9.17, 15) is 8.42 Å². The highest BCUT2D eigenvalue weighted by Crippen LogP contribution is 2.31. The highest BCUT2D eigenvalue weighted by atomic mass is 35.6. The molecule has 0 atom stereocenters. The van der Waals surface area contributed by atoms with Gasteiger partial charge >= 0.3 is 14.1 Å². The Bertz CT molecular complexity index is 512. The summed E-state index contributed by atoms with van der Waals surface area (Å²) in [5, 5.41) is 10.2. The normalized spacial score (nSPS) is 12.7. The van der Waals surface area contributed by atoms with Gasteiger partial charge in [0, 0.05) is 6.07 Å². The van der Waals surface area contributed by atoms with E-state index in [0.717, 1.165) is 0 Å². The zero-order valence-electron chi connectivity index (χ0n) is 8.21. The van der Waals surface area contributed by atoms with Crippen LogP contribution in [0, 0.1) is 0 Å². The fraction of sp³-hybridized carbons (Fsp3) is 0.200. The minimum Gasteiger partial charge on any atom is -0.272 e. The summed E-state index contributed by atoms with van der Waals surface area (Å²) >= 11 is 17.1. The highest BCUT2D eigenvalue weighted by molar-refractivity contribution is 7.97. The first kappa shape index (κ1) is 16.5. The van der Waals surface area contributed by atoms with E-state index >= 15 is 0 Å². The average Bonchev–Trinajstić information content (AvgIpc) is 2.25. The summed E-state index contributed by atoms with van der Waals surface area (Å²) in [7, 11) is -4.44. The summed E-state index contributed by atoms with van der Waals surface area (Å²) in [6.45, 7) is 0. The number of alkyl halides is 3. The van der Waals surface area contributed by atoms with Crippen LogP contribution in [-0.4, -0.2) is 22.4 Å². The Kier molecular flexibility index (Phi) is 5.77. The number of hydrogen-bond donors (Lipinski definition) is 2. The third-order valence-electron chi connectivity index (χ3n) is 1.33. The lowest BCUT2D eigenvalue weighted by Crippen LogP contribution is -2.19. The van der Waals surface area contributed by atoms with Crippen molar-refractivity contribution in [2.75, 3.05) is 0 Å². The summed E-state index contributed by atoms with van der Waals surface area (Å²) in [5.74, 6) is 0. The smallest absolute Gasteiger partial charge is 0.272 e. The van der Waals surface area contributed by atoms with Crippen LogP contribution in [0.3, 0.4) is 0 Å². The Balaban J connectivity index is 3.23. The van der Waals surface area contributed by atoms with Gasteiger partial charge in [-0.25, -0.2) is 14.2 Å². The zero-order chi connectivity index (χ0) is 14.0. The lowest BCUT2D eigenvalue weighted by atomic mass is 10.7. The molecule has 0 bridgehead atoms. The van der Waals surface area contributed by atoms with Gasteiger partial charge in [-0.3, -0.25) is 10.3 Å². The third-order valence-corrected chi connectivity index (χ3v) is 3.83. The van der Waals surface area contributed by atoms with Gasteiger partial charge in [0.1, 0.15) is 10.1 Å². The molecule has 0 saturated carbocycles. The van der Waals surface area contributed by atoms with E-state index in [4.69, 9.17) is 45.1 Å². The maximum atomic E-state index is 11.7. The molecule has 0 aliphatic heterocycles. The second kappa shape index (κ2) is 6.29. The molecule has 0 aliphatic rings. The molecule has 102 valence electrons. The molecule has 1 rings (SSSR count). The second-order valence-electron chi connectivity index (χ2n) is 2.55. The lowest BCUT2D eigenvalue weighted by molar-refractivity contribution is 0.316. The van der Waals surface area contributed by atoms with Crippen molar-refractivity contribution in [1.82, 2.24) is 9.97 Å². The van der Waals surface area contributed by atoms with Gasteiger partial charge < -0.3 is 0 Å². The molecule has 0 amide bonds. The largest absolute Gasteiger partial charge is 0.336 e. The van der Waals surface area contributed by atoms with Crippen LogP contribution in [-0.2, 0) is 14.3 Å². The molecule has 13 heteroatoms. The first-order chi connectivity index (χ1) is 8.18. The zero-order valence-corrected chi connectivity index (χ0v) is 12.9. The van der Waals surface area contributed by atoms with Gasteiger partial charge in [0.15, 0.2) is 0 Å². The standard InChI is InChI=1S/C5H5Cl3N4O3S3/c6-5(7,8)15-18(13,14)4-11-2(16-9)1-3(12-4)17-10/h1H,9-10H2. The molecule has 0 saturated heterocycles. The summed E-state index contributed by atoms with van der Waals surface area (Å²) in [6.07, 6.45) is 0. The van der Waals surface area contributed by atoms with Crippen LogP contribution in [0.25, 0.3) is 0 Å². The number of hydrogen-bond acceptors (Lipinski definition) is 9. The van der Waals surface area contributed by atoms with Crippen molar-refractivity contribution in [2.45, 2.75) is 19.2 Å². The van der Waals surface area contributed by atoms with Crippen LogP contribution in [0.4, 0.5) is 0 Å². The fourth-order valence-electron chi connectivity index (χ4n) is 0.778. The molecule has 0 aromatic carbocycles. The van der Waals surface area contributed by atoms with Crippen LogP contribution < -0.4 is 10.3 Å². The van der Waals surface area contributed by atoms with E-state index in [0.29, 0.717) is 23.9 Å². The minimum atomic E-state index is -4.44. The number of nitrogens with zero attached hydrogens (tertiary/aromatic N) is 2. The van der Waals surface area contributed by atoms with Crippen LogP contribution >= 0.6 is 58.7 Å². The molecule has 0 fully saturated rings. The number of nitrogens with two attached hydrogens (primary N) is 2. The Hall–Kier alpha value is 0.480. The van der Waals surface area contributed by atoms with Crippen LogP contribution in [0.1, 0.15) is 0 Å². The summed E-state index contributed by atoms with van der Waals surface area (Å²) in [4.78, 5) is 7.25. The Morgan fingerprint density at radius 1 is 1.17 bits per heavy atom. The second-order valence-corrected chi connectivity index (χ2v) is 7.47. The predicted molar refractivity (Wildman–Crippen MR) is 70.7 cm³/mol. The van der Waals surface area contributed by atoms with E-state index in [-0.39, 0.29) is 10.1 Å². The topological polar surface area (TPSA) is 121 Å². The summed E-state index contributed by atoms with van der Waals surface area (Å²) in [6, 6.07) is 1.39. The Morgan fingerprint density at radius 2 is 1.61 bits per heavy atom. The molecule has 7 nitrogen and oxygen atoms in total. The molecule has 0 spiro atoms. The van der Waals surface area contributed by atoms with Gasteiger partial charge in [0.2, 0.25) is 0 Å². The monoisotopic (exact) mass is 370 g/mol.